The Kier molecular flexibility index (Phi) is 13.2. The highest BCUT2D eigenvalue weighted by molar-refractivity contribution is 6.26. The summed E-state index contributed by atoms with van der Waals surface area (Å²) in [4.78, 5) is 0. The molecule has 0 atom stereocenters. The molecule has 0 N–H and O–H groups in total. The maximum atomic E-state index is 15.7. The Morgan fingerprint density at radius 1 is 0.409 bits per heavy atom. The van der Waals surface area contributed by atoms with Gasteiger partial charge in [-0.15, -0.1) is 0 Å². The standard InChI is InChI=1S/C38H50F2O4/c1-5-9-13-17-41-34-23-28-29(24-35(34)42-18-14-10-6-2)31-21-27(39)22-33(40)38(31)32-26-37(44-20-16-12-8-4)36(25-30(28)32)43-19-15-11-7-3/h21-26H,5-20H2,1-4H3. The molecule has 240 valence electrons. The zero-order valence-electron chi connectivity index (χ0n) is 27.2. The first-order chi connectivity index (χ1) is 21.5. The van der Waals surface area contributed by atoms with Gasteiger partial charge < -0.3 is 18.9 Å². The van der Waals surface area contributed by atoms with Gasteiger partial charge in [-0.05, 0) is 82.9 Å². The zero-order chi connectivity index (χ0) is 31.3. The van der Waals surface area contributed by atoms with Crippen LogP contribution < -0.4 is 18.9 Å². The van der Waals surface area contributed by atoms with Crippen LogP contribution in [0.15, 0.2) is 36.4 Å². The molecule has 0 aromatic heterocycles. The predicted molar refractivity (Wildman–Crippen MR) is 179 cm³/mol. The van der Waals surface area contributed by atoms with Gasteiger partial charge in [-0.2, -0.15) is 0 Å². The highest BCUT2D eigenvalue weighted by Gasteiger charge is 2.20. The molecule has 0 aliphatic carbocycles. The van der Waals surface area contributed by atoms with Crippen molar-refractivity contribution in [2.24, 2.45) is 0 Å². The fourth-order valence-corrected chi connectivity index (χ4v) is 5.64. The first-order valence-electron chi connectivity index (χ1n) is 16.9. The fraction of sp³-hybridized carbons (Fsp3) is 0.526. The Labute approximate surface area is 262 Å². The van der Waals surface area contributed by atoms with E-state index in [4.69, 9.17) is 18.9 Å². The molecule has 0 amide bonds. The molecular weight excluding hydrogens is 558 g/mol. The fourth-order valence-electron chi connectivity index (χ4n) is 5.64. The number of benzene rings is 4. The van der Waals surface area contributed by atoms with Gasteiger partial charge in [0, 0.05) is 11.5 Å². The van der Waals surface area contributed by atoms with E-state index in [9.17, 15) is 4.39 Å². The van der Waals surface area contributed by atoms with Gasteiger partial charge in [0.25, 0.3) is 0 Å². The van der Waals surface area contributed by atoms with Crippen molar-refractivity contribution in [3.05, 3.63) is 48.0 Å². The second kappa shape index (κ2) is 17.3. The Morgan fingerprint density at radius 2 is 0.727 bits per heavy atom. The molecule has 0 spiro atoms. The highest BCUT2D eigenvalue weighted by Crippen LogP contribution is 2.45. The lowest BCUT2D eigenvalue weighted by atomic mass is 9.93. The van der Waals surface area contributed by atoms with Crippen LogP contribution in [0.3, 0.4) is 0 Å². The van der Waals surface area contributed by atoms with Crippen molar-refractivity contribution in [1.29, 1.82) is 0 Å². The van der Waals surface area contributed by atoms with Crippen LogP contribution in [0, 0.1) is 11.6 Å². The van der Waals surface area contributed by atoms with E-state index in [1.54, 1.807) is 0 Å². The first kappa shape index (κ1) is 33.6. The van der Waals surface area contributed by atoms with E-state index in [1.807, 2.05) is 24.3 Å². The molecule has 0 saturated heterocycles. The quantitative estimate of drug-likeness (QED) is 0.0739. The van der Waals surface area contributed by atoms with Gasteiger partial charge >= 0.3 is 0 Å². The third-order valence-electron chi connectivity index (χ3n) is 8.09. The molecule has 4 aromatic carbocycles. The molecule has 0 unspecified atom stereocenters. The number of halogens is 2. The van der Waals surface area contributed by atoms with E-state index in [0.717, 1.165) is 93.9 Å². The van der Waals surface area contributed by atoms with Gasteiger partial charge in [0.2, 0.25) is 0 Å². The second-order valence-electron chi connectivity index (χ2n) is 11.7. The minimum Gasteiger partial charge on any atom is -0.490 e. The Balaban J connectivity index is 1.94. The van der Waals surface area contributed by atoms with Crippen molar-refractivity contribution < 1.29 is 27.7 Å². The van der Waals surface area contributed by atoms with Gasteiger partial charge in [0.15, 0.2) is 23.0 Å². The number of rotatable bonds is 20. The molecule has 0 heterocycles. The summed E-state index contributed by atoms with van der Waals surface area (Å²) >= 11 is 0. The maximum absolute atomic E-state index is 15.7. The summed E-state index contributed by atoms with van der Waals surface area (Å²) in [7, 11) is 0. The van der Waals surface area contributed by atoms with Crippen molar-refractivity contribution >= 4 is 32.3 Å². The molecule has 4 nitrogen and oxygen atoms in total. The molecule has 0 radical (unpaired) electrons. The average molecular weight is 609 g/mol. The molecule has 6 heteroatoms. The Hall–Kier alpha value is -3.28. The van der Waals surface area contributed by atoms with E-state index >= 15 is 4.39 Å². The van der Waals surface area contributed by atoms with Crippen LogP contribution >= 0.6 is 0 Å². The topological polar surface area (TPSA) is 36.9 Å². The maximum Gasteiger partial charge on any atom is 0.161 e. The number of ether oxygens (including phenoxy) is 4. The van der Waals surface area contributed by atoms with E-state index in [-0.39, 0.29) is 0 Å². The van der Waals surface area contributed by atoms with Crippen LogP contribution in [-0.4, -0.2) is 26.4 Å². The summed E-state index contributed by atoms with van der Waals surface area (Å²) in [5, 5.41) is 3.86. The minimum atomic E-state index is -0.618. The third kappa shape index (κ3) is 8.46. The Morgan fingerprint density at radius 3 is 1.09 bits per heavy atom. The molecule has 0 saturated carbocycles. The normalized spacial score (nSPS) is 11.5. The lowest BCUT2D eigenvalue weighted by molar-refractivity contribution is 0.260. The van der Waals surface area contributed by atoms with Crippen molar-refractivity contribution in [3.8, 4) is 23.0 Å². The SMILES string of the molecule is CCCCCOc1cc2c(cc1OCCCCC)c1cc(F)cc(F)c1c1cc(OCCCCC)c(OCCCCC)cc21. The summed E-state index contributed by atoms with van der Waals surface area (Å²) in [5.74, 6) is 1.24. The molecule has 0 bridgehead atoms. The van der Waals surface area contributed by atoms with E-state index in [1.165, 1.54) is 6.07 Å². The van der Waals surface area contributed by atoms with Crippen molar-refractivity contribution in [1.82, 2.24) is 0 Å². The second-order valence-corrected chi connectivity index (χ2v) is 11.7. The van der Waals surface area contributed by atoms with Crippen molar-refractivity contribution in [3.63, 3.8) is 0 Å². The lowest BCUT2D eigenvalue weighted by Crippen LogP contribution is -2.04. The van der Waals surface area contributed by atoms with Gasteiger partial charge in [-0.3, -0.25) is 0 Å². The summed E-state index contributed by atoms with van der Waals surface area (Å²) in [6.07, 6.45) is 12.4. The summed E-state index contributed by atoms with van der Waals surface area (Å²) in [5.41, 5.74) is 0. The molecule has 0 fully saturated rings. The monoisotopic (exact) mass is 608 g/mol. The van der Waals surface area contributed by atoms with E-state index in [2.05, 4.69) is 27.7 Å². The van der Waals surface area contributed by atoms with Crippen LogP contribution in [0.2, 0.25) is 0 Å². The summed E-state index contributed by atoms with van der Waals surface area (Å²) in [6, 6.07) is 10.1. The van der Waals surface area contributed by atoms with Gasteiger partial charge in [0.1, 0.15) is 11.6 Å². The van der Waals surface area contributed by atoms with Gasteiger partial charge in [-0.25, -0.2) is 8.78 Å². The van der Waals surface area contributed by atoms with E-state index in [0.29, 0.717) is 71.0 Å². The van der Waals surface area contributed by atoms with Crippen molar-refractivity contribution in [2.75, 3.05) is 26.4 Å². The third-order valence-corrected chi connectivity index (χ3v) is 8.09. The number of hydrogen-bond acceptors (Lipinski definition) is 4. The molecule has 4 rings (SSSR count). The first-order valence-corrected chi connectivity index (χ1v) is 16.9. The number of fused-ring (bicyclic) bond motifs is 6. The molecule has 44 heavy (non-hydrogen) atoms. The van der Waals surface area contributed by atoms with Gasteiger partial charge in [0.05, 0.1) is 26.4 Å². The van der Waals surface area contributed by atoms with Crippen LogP contribution in [0.5, 0.6) is 23.0 Å². The number of hydrogen-bond donors (Lipinski definition) is 0. The van der Waals surface area contributed by atoms with Crippen molar-refractivity contribution in [2.45, 2.75) is 105 Å². The Bertz CT molecular complexity index is 1500. The van der Waals surface area contributed by atoms with Crippen LogP contribution in [0.4, 0.5) is 8.78 Å². The highest BCUT2D eigenvalue weighted by atomic mass is 19.1. The summed E-state index contributed by atoms with van der Waals surface area (Å²) < 4.78 is 55.6. The molecule has 4 aromatic rings. The zero-order valence-corrected chi connectivity index (χ0v) is 27.2. The van der Waals surface area contributed by atoms with Crippen LogP contribution in [0.25, 0.3) is 32.3 Å². The molecule has 0 aliphatic rings. The van der Waals surface area contributed by atoms with E-state index < -0.39 is 11.6 Å². The van der Waals surface area contributed by atoms with Gasteiger partial charge in [-0.1, -0.05) is 79.1 Å². The summed E-state index contributed by atoms with van der Waals surface area (Å²) in [6.45, 7) is 10.9. The van der Waals surface area contributed by atoms with Crippen LogP contribution in [-0.2, 0) is 0 Å². The molecular formula is C38H50F2O4. The number of unbranched alkanes of at least 4 members (excludes halogenated alkanes) is 8. The largest absolute Gasteiger partial charge is 0.490 e. The smallest absolute Gasteiger partial charge is 0.161 e. The minimum absolute atomic E-state index is 0.360. The molecule has 0 aliphatic heterocycles. The van der Waals surface area contributed by atoms with Crippen LogP contribution in [0.1, 0.15) is 105 Å². The average Bonchev–Trinajstić information content (AvgIpc) is 3.01. The predicted octanol–water partition coefficient (Wildman–Crippen LogP) is 11.7. The lowest BCUT2D eigenvalue weighted by Gasteiger charge is -2.19.